The van der Waals surface area contributed by atoms with Gasteiger partial charge >= 0.3 is 0 Å². The zero-order chi connectivity index (χ0) is 25.4. The van der Waals surface area contributed by atoms with Crippen LogP contribution in [0.3, 0.4) is 0 Å². The molecule has 2 heteroatoms. The lowest BCUT2D eigenvalue weighted by Crippen LogP contribution is -2.36. The molecule has 0 saturated carbocycles. The van der Waals surface area contributed by atoms with Gasteiger partial charge in [-0.2, -0.15) is 0 Å². The summed E-state index contributed by atoms with van der Waals surface area (Å²) in [5.74, 6) is 0. The molecule has 0 unspecified atom stereocenters. The van der Waals surface area contributed by atoms with Gasteiger partial charge in [0.1, 0.15) is 0 Å². The molecule has 0 atom stereocenters. The Morgan fingerprint density at radius 1 is 0.273 bits per heavy atom. The molecule has 2 nitrogen and oxygen atoms in total. The number of unbranched alkanes of at least 4 members (excludes halogenated alkanes) is 12. The zero-order valence-corrected chi connectivity index (χ0v) is 25.2. The summed E-state index contributed by atoms with van der Waals surface area (Å²) in [6.07, 6.45) is 23.6. The van der Waals surface area contributed by atoms with E-state index in [2.05, 4.69) is 65.2 Å². The van der Waals surface area contributed by atoms with Crippen LogP contribution in [0.1, 0.15) is 165 Å². The number of hydrogen-bond donors (Lipinski definition) is 0. The van der Waals surface area contributed by atoms with Crippen LogP contribution in [-0.4, -0.2) is 49.1 Å². The minimum absolute atomic E-state index is 1.20. The maximum atomic E-state index is 2.69. The Labute approximate surface area is 213 Å². The molecule has 0 rings (SSSR count). The highest BCUT2D eigenvalue weighted by atomic mass is 15.2. The first-order valence-corrected chi connectivity index (χ1v) is 15.6. The van der Waals surface area contributed by atoms with Gasteiger partial charge in [-0.1, -0.05) is 145 Å². The molecule has 0 bridgehead atoms. The van der Waals surface area contributed by atoms with Gasteiger partial charge in [0.05, 0.1) is 0 Å². The van der Waals surface area contributed by atoms with Gasteiger partial charge in [0, 0.05) is 13.1 Å². The Morgan fingerprint density at radius 2 is 0.636 bits per heavy atom. The fraction of sp³-hybridized carbons (Fsp3) is 1.00. The molecule has 0 fully saturated rings. The summed E-state index contributed by atoms with van der Waals surface area (Å²) in [4.78, 5) is 5.29. The van der Waals surface area contributed by atoms with E-state index in [1.54, 1.807) is 0 Å². The molecular formula is C31H70N2. The molecule has 0 aromatic rings. The first-order chi connectivity index (χ1) is 16.1. The third-order valence-corrected chi connectivity index (χ3v) is 6.25. The highest BCUT2D eigenvalue weighted by molar-refractivity contribution is 4.62. The van der Waals surface area contributed by atoms with Crippen LogP contribution in [-0.2, 0) is 0 Å². The monoisotopic (exact) mass is 471 g/mol. The number of hydrogen-bond acceptors (Lipinski definition) is 2. The Hall–Kier alpha value is -0.0800. The molecule has 0 aliphatic carbocycles. The van der Waals surface area contributed by atoms with Crippen molar-refractivity contribution in [3.8, 4) is 0 Å². The largest absolute Gasteiger partial charge is 0.302 e. The van der Waals surface area contributed by atoms with Crippen LogP contribution < -0.4 is 0 Å². The van der Waals surface area contributed by atoms with E-state index in [1.807, 2.05) is 0 Å². The van der Waals surface area contributed by atoms with Gasteiger partial charge in [0.25, 0.3) is 0 Å². The molecule has 0 amide bonds. The highest BCUT2D eigenvalue weighted by Crippen LogP contribution is 2.10. The third kappa shape index (κ3) is 36.7. The summed E-state index contributed by atoms with van der Waals surface area (Å²) in [7, 11) is 0. The van der Waals surface area contributed by atoms with Gasteiger partial charge in [-0.05, 0) is 45.4 Å². The van der Waals surface area contributed by atoms with Crippen molar-refractivity contribution >= 4 is 0 Å². The average molecular weight is 471 g/mol. The van der Waals surface area contributed by atoms with E-state index < -0.39 is 0 Å². The van der Waals surface area contributed by atoms with E-state index in [0.717, 1.165) is 0 Å². The van der Waals surface area contributed by atoms with E-state index in [4.69, 9.17) is 0 Å². The summed E-state index contributed by atoms with van der Waals surface area (Å²) in [5, 5.41) is 0. The standard InChI is InChI=1S/C21H46N2.2C5H12/c1-5-9-10-11-12-13-14-15-16-19-23(18-7-3)21-20-22(8-4)17-6-2;2*1-3-5-4-2/h5-21H2,1-4H3;2*3-5H2,1-2H3. The van der Waals surface area contributed by atoms with Gasteiger partial charge in [-0.15, -0.1) is 0 Å². The quantitative estimate of drug-likeness (QED) is 0.145. The van der Waals surface area contributed by atoms with Crippen LogP contribution in [0.5, 0.6) is 0 Å². The molecule has 0 aromatic carbocycles. The lowest BCUT2D eigenvalue weighted by molar-refractivity contribution is 0.206. The first-order valence-electron chi connectivity index (χ1n) is 15.6. The van der Waals surface area contributed by atoms with Crippen LogP contribution in [0.2, 0.25) is 0 Å². The second-order valence-electron chi connectivity index (χ2n) is 9.81. The second-order valence-corrected chi connectivity index (χ2v) is 9.81. The lowest BCUT2D eigenvalue weighted by Gasteiger charge is -2.26. The van der Waals surface area contributed by atoms with E-state index in [-0.39, 0.29) is 0 Å². The molecule has 204 valence electrons. The Balaban J connectivity index is -0.000000746. The van der Waals surface area contributed by atoms with Crippen LogP contribution in [0.4, 0.5) is 0 Å². The summed E-state index contributed by atoms with van der Waals surface area (Å²) in [6, 6.07) is 0. The van der Waals surface area contributed by atoms with Crippen molar-refractivity contribution in [1.29, 1.82) is 0 Å². The normalized spacial score (nSPS) is 10.7. The van der Waals surface area contributed by atoms with Crippen LogP contribution in [0.15, 0.2) is 0 Å². The van der Waals surface area contributed by atoms with Gasteiger partial charge in [-0.3, -0.25) is 0 Å². The Kier molecular flexibility index (Phi) is 41.4. The topological polar surface area (TPSA) is 6.48 Å². The van der Waals surface area contributed by atoms with E-state index in [1.165, 1.54) is 148 Å². The number of rotatable bonds is 22. The molecule has 0 heterocycles. The summed E-state index contributed by atoms with van der Waals surface area (Å²) in [5.41, 5.74) is 0. The minimum Gasteiger partial charge on any atom is -0.302 e. The number of likely N-dealkylation sites (N-methyl/N-ethyl adjacent to an activating group) is 1. The molecule has 0 radical (unpaired) electrons. The SMILES string of the molecule is CCCCC.CCCCC.CCCCCCCCCCCN(CCC)CCN(CC)CCC. The summed E-state index contributed by atoms with van der Waals surface area (Å²) in [6.45, 7) is 25.6. The van der Waals surface area contributed by atoms with Crippen molar-refractivity contribution in [2.24, 2.45) is 0 Å². The minimum atomic E-state index is 1.20. The first kappa shape index (κ1) is 37.5. The average Bonchev–Trinajstić information content (AvgIpc) is 2.82. The van der Waals surface area contributed by atoms with Crippen molar-refractivity contribution < 1.29 is 0 Å². The third-order valence-electron chi connectivity index (χ3n) is 6.25. The van der Waals surface area contributed by atoms with Crippen molar-refractivity contribution in [2.45, 2.75) is 165 Å². The molecule has 0 spiro atoms. The lowest BCUT2D eigenvalue weighted by atomic mass is 10.1. The van der Waals surface area contributed by atoms with Gasteiger partial charge in [0.2, 0.25) is 0 Å². The molecule has 0 saturated heterocycles. The molecule has 0 aromatic heterocycles. The predicted octanol–water partition coefficient (Wildman–Crippen LogP) is 10.4. The predicted molar refractivity (Wildman–Crippen MR) is 157 cm³/mol. The summed E-state index contributed by atoms with van der Waals surface area (Å²) >= 11 is 0. The molecule has 33 heavy (non-hydrogen) atoms. The van der Waals surface area contributed by atoms with Gasteiger partial charge in [0.15, 0.2) is 0 Å². The molecule has 0 aliphatic heterocycles. The molecule has 0 N–H and O–H groups in total. The van der Waals surface area contributed by atoms with Crippen LogP contribution >= 0.6 is 0 Å². The second kappa shape index (κ2) is 36.5. The highest BCUT2D eigenvalue weighted by Gasteiger charge is 2.07. The van der Waals surface area contributed by atoms with E-state index in [0.29, 0.717) is 0 Å². The van der Waals surface area contributed by atoms with Crippen molar-refractivity contribution in [1.82, 2.24) is 9.80 Å². The van der Waals surface area contributed by atoms with Crippen LogP contribution in [0.25, 0.3) is 0 Å². The van der Waals surface area contributed by atoms with Crippen molar-refractivity contribution in [3.05, 3.63) is 0 Å². The Bertz CT molecular complexity index is 283. The summed E-state index contributed by atoms with van der Waals surface area (Å²) < 4.78 is 0. The van der Waals surface area contributed by atoms with Gasteiger partial charge < -0.3 is 9.80 Å². The van der Waals surface area contributed by atoms with Gasteiger partial charge in [-0.25, -0.2) is 0 Å². The zero-order valence-electron chi connectivity index (χ0n) is 25.2. The maximum absolute atomic E-state index is 2.69. The molecule has 0 aliphatic rings. The smallest absolute Gasteiger partial charge is 0.0109 e. The number of nitrogens with zero attached hydrogens (tertiary/aromatic N) is 2. The van der Waals surface area contributed by atoms with Crippen LogP contribution in [0, 0.1) is 0 Å². The molecular weight excluding hydrogens is 400 g/mol. The fourth-order valence-corrected chi connectivity index (χ4v) is 4.03. The van der Waals surface area contributed by atoms with Crippen molar-refractivity contribution in [3.63, 3.8) is 0 Å². The Morgan fingerprint density at radius 3 is 1.00 bits per heavy atom. The fourth-order valence-electron chi connectivity index (χ4n) is 4.03. The van der Waals surface area contributed by atoms with E-state index >= 15 is 0 Å². The van der Waals surface area contributed by atoms with E-state index in [9.17, 15) is 0 Å². The van der Waals surface area contributed by atoms with Crippen molar-refractivity contribution in [2.75, 3.05) is 39.3 Å². The maximum Gasteiger partial charge on any atom is 0.0109 e.